The average Bonchev–Trinajstić information content (AvgIpc) is 2.47. The van der Waals surface area contributed by atoms with Gasteiger partial charge in [-0.2, -0.15) is 0 Å². The van der Waals surface area contributed by atoms with Crippen molar-refractivity contribution in [1.82, 2.24) is 0 Å². The minimum atomic E-state index is -0.452. The van der Waals surface area contributed by atoms with Gasteiger partial charge in [-0.1, -0.05) is 20.3 Å². The lowest BCUT2D eigenvalue weighted by molar-refractivity contribution is -0.159. The molecular formula is C9H14O3. The summed E-state index contributed by atoms with van der Waals surface area (Å²) in [6.07, 6.45) is 3.64. The Kier molecular flexibility index (Phi) is 3.29. The van der Waals surface area contributed by atoms with Crippen LogP contribution in [-0.2, 0) is 14.3 Å². The van der Waals surface area contributed by atoms with Gasteiger partial charge in [0.2, 0.25) is 6.29 Å². The second kappa shape index (κ2) is 4.26. The highest BCUT2D eigenvalue weighted by molar-refractivity contribution is 5.84. The molecule has 0 aliphatic carbocycles. The summed E-state index contributed by atoms with van der Waals surface area (Å²) in [6.45, 7) is 4.84. The molecule has 0 amide bonds. The SMILES string of the molecule is CCC(C)COC1C=CC(=O)O1. The summed E-state index contributed by atoms with van der Waals surface area (Å²) >= 11 is 0. The number of hydrogen-bond donors (Lipinski definition) is 0. The number of rotatable bonds is 4. The lowest BCUT2D eigenvalue weighted by Crippen LogP contribution is -2.16. The normalized spacial score (nSPS) is 24.2. The van der Waals surface area contributed by atoms with Crippen molar-refractivity contribution >= 4 is 5.97 Å². The Morgan fingerprint density at radius 1 is 1.75 bits per heavy atom. The quantitative estimate of drug-likeness (QED) is 0.599. The molecule has 0 aromatic heterocycles. The first-order valence-electron chi connectivity index (χ1n) is 4.22. The third-order valence-electron chi connectivity index (χ3n) is 1.86. The fraction of sp³-hybridized carbons (Fsp3) is 0.667. The van der Waals surface area contributed by atoms with Crippen molar-refractivity contribution in [3.8, 4) is 0 Å². The molecule has 0 radical (unpaired) electrons. The van der Waals surface area contributed by atoms with Crippen molar-refractivity contribution in [1.29, 1.82) is 0 Å². The molecule has 0 saturated carbocycles. The van der Waals surface area contributed by atoms with Crippen LogP contribution >= 0.6 is 0 Å². The van der Waals surface area contributed by atoms with Crippen LogP contribution in [0.2, 0.25) is 0 Å². The Morgan fingerprint density at radius 3 is 3.00 bits per heavy atom. The summed E-state index contributed by atoms with van der Waals surface area (Å²) < 4.78 is 10.1. The molecule has 0 aromatic carbocycles. The van der Waals surface area contributed by atoms with E-state index in [2.05, 4.69) is 13.8 Å². The summed E-state index contributed by atoms with van der Waals surface area (Å²) in [7, 11) is 0. The third kappa shape index (κ3) is 2.66. The molecule has 0 saturated heterocycles. The number of esters is 1. The molecule has 2 unspecified atom stereocenters. The zero-order chi connectivity index (χ0) is 8.97. The Labute approximate surface area is 72.4 Å². The van der Waals surface area contributed by atoms with Gasteiger partial charge in [-0.3, -0.25) is 0 Å². The maximum absolute atomic E-state index is 10.6. The first-order chi connectivity index (χ1) is 5.72. The molecule has 1 aliphatic heterocycles. The van der Waals surface area contributed by atoms with Gasteiger partial charge in [0.1, 0.15) is 0 Å². The lowest BCUT2D eigenvalue weighted by Gasteiger charge is -2.13. The van der Waals surface area contributed by atoms with Gasteiger partial charge in [0.15, 0.2) is 0 Å². The van der Waals surface area contributed by atoms with Crippen molar-refractivity contribution in [2.45, 2.75) is 26.6 Å². The molecular weight excluding hydrogens is 156 g/mol. The molecule has 3 nitrogen and oxygen atoms in total. The third-order valence-corrected chi connectivity index (χ3v) is 1.86. The molecule has 0 aromatic rings. The van der Waals surface area contributed by atoms with E-state index in [1.807, 2.05) is 0 Å². The Balaban J connectivity index is 2.16. The van der Waals surface area contributed by atoms with Crippen molar-refractivity contribution in [3.63, 3.8) is 0 Å². The molecule has 0 fully saturated rings. The molecule has 0 spiro atoms. The standard InChI is InChI=1S/C9H14O3/c1-3-7(2)6-11-9-5-4-8(10)12-9/h4-5,7,9H,3,6H2,1-2H3. The van der Waals surface area contributed by atoms with Crippen LogP contribution in [0.4, 0.5) is 0 Å². The summed E-state index contributed by atoms with van der Waals surface area (Å²) in [4.78, 5) is 10.6. The Morgan fingerprint density at radius 2 is 2.50 bits per heavy atom. The van der Waals surface area contributed by atoms with Gasteiger partial charge in [0.25, 0.3) is 0 Å². The van der Waals surface area contributed by atoms with Gasteiger partial charge in [-0.05, 0) is 12.0 Å². The van der Waals surface area contributed by atoms with Crippen LogP contribution in [0.25, 0.3) is 0 Å². The van der Waals surface area contributed by atoms with Crippen LogP contribution in [0.1, 0.15) is 20.3 Å². The number of carbonyl (C=O) groups is 1. The zero-order valence-corrected chi connectivity index (χ0v) is 7.45. The molecule has 12 heavy (non-hydrogen) atoms. The summed E-state index contributed by atoms with van der Waals surface area (Å²) in [5, 5.41) is 0. The summed E-state index contributed by atoms with van der Waals surface area (Å²) in [5.41, 5.74) is 0. The van der Waals surface area contributed by atoms with Crippen LogP contribution in [0, 0.1) is 5.92 Å². The average molecular weight is 170 g/mol. The molecule has 0 N–H and O–H groups in total. The number of ether oxygens (including phenoxy) is 2. The molecule has 1 aliphatic rings. The predicted octanol–water partition coefficient (Wildman–Crippen LogP) is 1.49. The van der Waals surface area contributed by atoms with E-state index in [4.69, 9.17) is 9.47 Å². The first kappa shape index (κ1) is 9.26. The summed E-state index contributed by atoms with van der Waals surface area (Å²) in [5.74, 6) is 0.196. The Hall–Kier alpha value is -0.830. The Bertz CT molecular complexity index is 186. The number of cyclic esters (lactones) is 1. The van der Waals surface area contributed by atoms with Crippen LogP contribution in [0.5, 0.6) is 0 Å². The van der Waals surface area contributed by atoms with Crippen LogP contribution < -0.4 is 0 Å². The van der Waals surface area contributed by atoms with E-state index < -0.39 is 6.29 Å². The second-order valence-electron chi connectivity index (χ2n) is 3.01. The topological polar surface area (TPSA) is 35.5 Å². The van der Waals surface area contributed by atoms with E-state index >= 15 is 0 Å². The van der Waals surface area contributed by atoms with Gasteiger partial charge in [-0.25, -0.2) is 4.79 Å². The predicted molar refractivity (Wildman–Crippen MR) is 44.4 cm³/mol. The van der Waals surface area contributed by atoms with E-state index in [0.717, 1.165) is 6.42 Å². The fourth-order valence-electron chi connectivity index (χ4n) is 0.817. The van der Waals surface area contributed by atoms with Crippen LogP contribution in [0.15, 0.2) is 12.2 Å². The largest absolute Gasteiger partial charge is 0.429 e. The molecule has 1 heterocycles. The monoisotopic (exact) mass is 170 g/mol. The molecule has 68 valence electrons. The van der Waals surface area contributed by atoms with E-state index in [-0.39, 0.29) is 5.97 Å². The minimum absolute atomic E-state index is 0.316. The van der Waals surface area contributed by atoms with E-state index in [9.17, 15) is 4.79 Å². The van der Waals surface area contributed by atoms with E-state index in [0.29, 0.717) is 12.5 Å². The van der Waals surface area contributed by atoms with Gasteiger partial charge in [0.05, 0.1) is 6.61 Å². The molecule has 3 heteroatoms. The van der Waals surface area contributed by atoms with Crippen molar-refractivity contribution in [2.24, 2.45) is 5.92 Å². The van der Waals surface area contributed by atoms with Crippen molar-refractivity contribution in [2.75, 3.05) is 6.61 Å². The molecule has 1 rings (SSSR count). The summed E-state index contributed by atoms with van der Waals surface area (Å²) in [6, 6.07) is 0. The lowest BCUT2D eigenvalue weighted by atomic mass is 10.1. The highest BCUT2D eigenvalue weighted by Gasteiger charge is 2.16. The van der Waals surface area contributed by atoms with Crippen molar-refractivity contribution in [3.05, 3.63) is 12.2 Å². The smallest absolute Gasteiger partial charge is 0.333 e. The van der Waals surface area contributed by atoms with Crippen LogP contribution in [0.3, 0.4) is 0 Å². The van der Waals surface area contributed by atoms with Gasteiger partial charge < -0.3 is 9.47 Å². The van der Waals surface area contributed by atoms with Gasteiger partial charge >= 0.3 is 5.97 Å². The van der Waals surface area contributed by atoms with Crippen molar-refractivity contribution < 1.29 is 14.3 Å². The van der Waals surface area contributed by atoms with Gasteiger partial charge in [0, 0.05) is 6.08 Å². The minimum Gasteiger partial charge on any atom is -0.429 e. The van der Waals surface area contributed by atoms with E-state index in [1.165, 1.54) is 6.08 Å². The zero-order valence-electron chi connectivity index (χ0n) is 7.45. The number of hydrogen-bond acceptors (Lipinski definition) is 3. The van der Waals surface area contributed by atoms with Gasteiger partial charge in [-0.15, -0.1) is 0 Å². The fourth-order valence-corrected chi connectivity index (χ4v) is 0.817. The maximum atomic E-state index is 10.6. The van der Waals surface area contributed by atoms with Crippen LogP contribution in [-0.4, -0.2) is 18.9 Å². The number of carbonyl (C=O) groups excluding carboxylic acids is 1. The maximum Gasteiger partial charge on any atom is 0.333 e. The first-order valence-corrected chi connectivity index (χ1v) is 4.22. The molecule has 2 atom stereocenters. The van der Waals surface area contributed by atoms with E-state index in [1.54, 1.807) is 6.08 Å². The second-order valence-corrected chi connectivity index (χ2v) is 3.01. The molecule has 0 bridgehead atoms. The highest BCUT2D eigenvalue weighted by Crippen LogP contribution is 2.09. The highest BCUT2D eigenvalue weighted by atomic mass is 16.7.